The number of rotatable bonds is 6. The van der Waals surface area contributed by atoms with Crippen molar-refractivity contribution < 1.29 is 14.6 Å². The summed E-state index contributed by atoms with van der Waals surface area (Å²) >= 11 is 0. The predicted octanol–water partition coefficient (Wildman–Crippen LogP) is 1.34. The molecule has 0 radical (unpaired) electrons. The fourth-order valence-corrected chi connectivity index (χ4v) is 1.54. The third-order valence-electron chi connectivity index (χ3n) is 2.32. The Kier molecular flexibility index (Phi) is 6.15. The van der Waals surface area contributed by atoms with Crippen molar-refractivity contribution in [1.82, 2.24) is 0 Å². The second-order valence-corrected chi connectivity index (χ2v) is 3.49. The number of aliphatic hydroxyl groups is 1. The summed E-state index contributed by atoms with van der Waals surface area (Å²) in [6.45, 7) is 2.59. The summed E-state index contributed by atoms with van der Waals surface area (Å²) in [4.78, 5) is 0. The van der Waals surface area contributed by atoms with Gasteiger partial charge in [0.25, 0.3) is 0 Å². The van der Waals surface area contributed by atoms with Crippen LogP contribution in [0.4, 0.5) is 0 Å². The summed E-state index contributed by atoms with van der Waals surface area (Å²) in [7, 11) is 0. The van der Waals surface area contributed by atoms with Crippen molar-refractivity contribution in [3.8, 4) is 0 Å². The van der Waals surface area contributed by atoms with Crippen LogP contribution < -0.4 is 0 Å². The Morgan fingerprint density at radius 1 is 1.08 bits per heavy atom. The molecule has 0 aromatic heterocycles. The predicted molar refractivity (Wildman–Crippen MR) is 50.7 cm³/mol. The van der Waals surface area contributed by atoms with Crippen molar-refractivity contribution in [2.45, 2.75) is 38.2 Å². The third kappa shape index (κ3) is 5.24. The smallest absolute Gasteiger partial charge is 0.0809 e. The van der Waals surface area contributed by atoms with Gasteiger partial charge in [-0.05, 0) is 12.8 Å². The van der Waals surface area contributed by atoms with E-state index < -0.39 is 0 Å². The largest absolute Gasteiger partial charge is 0.396 e. The quantitative estimate of drug-likeness (QED) is 0.639. The van der Waals surface area contributed by atoms with Gasteiger partial charge in [0.15, 0.2) is 0 Å². The zero-order valence-electron chi connectivity index (χ0n) is 8.21. The lowest BCUT2D eigenvalue weighted by atomic mass is 10.1. The van der Waals surface area contributed by atoms with Gasteiger partial charge < -0.3 is 14.6 Å². The van der Waals surface area contributed by atoms with Crippen LogP contribution in [0.2, 0.25) is 0 Å². The van der Waals surface area contributed by atoms with Crippen molar-refractivity contribution in [2.75, 3.05) is 26.4 Å². The first-order valence-electron chi connectivity index (χ1n) is 5.23. The fourth-order valence-electron chi connectivity index (χ4n) is 1.54. The molecule has 1 saturated heterocycles. The molecule has 0 aromatic carbocycles. The average Bonchev–Trinajstić information content (AvgIpc) is 2.19. The Bertz CT molecular complexity index is 111. The number of aliphatic hydroxyl groups excluding tert-OH is 1. The first-order valence-corrected chi connectivity index (χ1v) is 5.23. The highest BCUT2D eigenvalue weighted by atomic mass is 16.6. The van der Waals surface area contributed by atoms with Gasteiger partial charge in [-0.2, -0.15) is 0 Å². The first-order chi connectivity index (χ1) is 6.43. The molecule has 13 heavy (non-hydrogen) atoms. The van der Waals surface area contributed by atoms with Crippen molar-refractivity contribution in [3.05, 3.63) is 0 Å². The molecule has 1 heterocycles. The van der Waals surface area contributed by atoms with Crippen molar-refractivity contribution in [1.29, 1.82) is 0 Å². The summed E-state index contributed by atoms with van der Waals surface area (Å²) < 4.78 is 10.8. The van der Waals surface area contributed by atoms with E-state index in [9.17, 15) is 0 Å². The van der Waals surface area contributed by atoms with E-state index in [4.69, 9.17) is 14.6 Å². The highest BCUT2D eigenvalue weighted by molar-refractivity contribution is 4.60. The standard InChI is InChI=1S/C10H20O3/c11-6-4-2-1-3-5-10-9-12-7-8-13-10/h10-11H,1-9H2. The molecule has 1 rings (SSSR count). The van der Waals surface area contributed by atoms with Gasteiger partial charge in [0.2, 0.25) is 0 Å². The molecule has 0 aliphatic carbocycles. The number of ether oxygens (including phenoxy) is 2. The maximum atomic E-state index is 8.57. The van der Waals surface area contributed by atoms with Crippen LogP contribution in [-0.2, 0) is 9.47 Å². The zero-order chi connectivity index (χ0) is 9.36. The normalized spacial score (nSPS) is 23.3. The molecule has 1 aliphatic heterocycles. The Morgan fingerprint density at radius 2 is 1.92 bits per heavy atom. The van der Waals surface area contributed by atoms with Crippen LogP contribution in [0.1, 0.15) is 32.1 Å². The summed E-state index contributed by atoms with van der Waals surface area (Å²) in [6, 6.07) is 0. The van der Waals surface area contributed by atoms with E-state index in [1.807, 2.05) is 0 Å². The maximum Gasteiger partial charge on any atom is 0.0809 e. The van der Waals surface area contributed by atoms with Crippen molar-refractivity contribution in [2.24, 2.45) is 0 Å². The van der Waals surface area contributed by atoms with Gasteiger partial charge in [-0.1, -0.05) is 19.3 Å². The van der Waals surface area contributed by atoms with Crippen molar-refractivity contribution in [3.63, 3.8) is 0 Å². The van der Waals surface area contributed by atoms with Crippen LogP contribution in [0.25, 0.3) is 0 Å². The van der Waals surface area contributed by atoms with Gasteiger partial charge in [-0.25, -0.2) is 0 Å². The van der Waals surface area contributed by atoms with Crippen LogP contribution in [0.3, 0.4) is 0 Å². The minimum atomic E-state index is 0.322. The molecule has 1 N–H and O–H groups in total. The van der Waals surface area contributed by atoms with Gasteiger partial charge in [0, 0.05) is 6.61 Å². The minimum absolute atomic E-state index is 0.322. The molecule has 0 amide bonds. The molecule has 0 aromatic rings. The lowest BCUT2D eigenvalue weighted by Crippen LogP contribution is -2.28. The van der Waals surface area contributed by atoms with Crippen molar-refractivity contribution >= 4 is 0 Å². The summed E-state index contributed by atoms with van der Waals surface area (Å²) in [5, 5.41) is 8.57. The maximum absolute atomic E-state index is 8.57. The fraction of sp³-hybridized carbons (Fsp3) is 1.00. The molecule has 3 nitrogen and oxygen atoms in total. The Morgan fingerprint density at radius 3 is 2.62 bits per heavy atom. The molecule has 0 saturated carbocycles. The van der Waals surface area contributed by atoms with E-state index in [1.54, 1.807) is 0 Å². The molecule has 1 unspecified atom stereocenters. The molecule has 1 fully saturated rings. The molecular formula is C10H20O3. The lowest BCUT2D eigenvalue weighted by Gasteiger charge is -2.22. The summed E-state index contributed by atoms with van der Waals surface area (Å²) in [6.07, 6.45) is 5.87. The highest BCUT2D eigenvalue weighted by Crippen LogP contribution is 2.11. The summed E-state index contributed by atoms with van der Waals surface area (Å²) in [5.41, 5.74) is 0. The first kappa shape index (κ1) is 11.0. The van der Waals surface area contributed by atoms with Crippen LogP contribution in [0, 0.1) is 0 Å². The van der Waals surface area contributed by atoms with E-state index in [0.29, 0.717) is 12.7 Å². The second-order valence-electron chi connectivity index (χ2n) is 3.49. The SMILES string of the molecule is OCCCCCCC1COCCO1. The Labute approximate surface area is 80.0 Å². The van der Waals surface area contributed by atoms with Crippen LogP contribution in [-0.4, -0.2) is 37.6 Å². The summed E-state index contributed by atoms with van der Waals surface area (Å²) in [5.74, 6) is 0. The van der Waals surface area contributed by atoms with Gasteiger partial charge in [-0.3, -0.25) is 0 Å². The molecule has 78 valence electrons. The molecule has 1 atom stereocenters. The number of unbranched alkanes of at least 4 members (excludes halogenated alkanes) is 3. The molecular weight excluding hydrogens is 168 g/mol. The molecule has 1 aliphatic rings. The lowest BCUT2D eigenvalue weighted by molar-refractivity contribution is -0.0912. The minimum Gasteiger partial charge on any atom is -0.396 e. The van der Waals surface area contributed by atoms with Crippen LogP contribution in [0.15, 0.2) is 0 Å². The monoisotopic (exact) mass is 188 g/mol. The number of hydrogen-bond donors (Lipinski definition) is 1. The van der Waals surface area contributed by atoms with Gasteiger partial charge >= 0.3 is 0 Å². The van der Waals surface area contributed by atoms with E-state index in [0.717, 1.165) is 39.1 Å². The van der Waals surface area contributed by atoms with E-state index >= 15 is 0 Å². The van der Waals surface area contributed by atoms with E-state index in [1.165, 1.54) is 12.8 Å². The van der Waals surface area contributed by atoms with Crippen LogP contribution >= 0.6 is 0 Å². The van der Waals surface area contributed by atoms with E-state index in [-0.39, 0.29) is 0 Å². The van der Waals surface area contributed by atoms with Crippen LogP contribution in [0.5, 0.6) is 0 Å². The second kappa shape index (κ2) is 7.30. The molecule has 3 heteroatoms. The van der Waals surface area contributed by atoms with Gasteiger partial charge in [0.05, 0.1) is 25.9 Å². The molecule has 0 spiro atoms. The van der Waals surface area contributed by atoms with Gasteiger partial charge in [0.1, 0.15) is 0 Å². The Balaban J connectivity index is 1.86. The van der Waals surface area contributed by atoms with E-state index in [2.05, 4.69) is 0 Å². The molecule has 0 bridgehead atoms. The highest BCUT2D eigenvalue weighted by Gasteiger charge is 2.12. The zero-order valence-corrected chi connectivity index (χ0v) is 8.21. The number of hydrogen-bond acceptors (Lipinski definition) is 3. The third-order valence-corrected chi connectivity index (χ3v) is 2.32. The average molecular weight is 188 g/mol. The van der Waals surface area contributed by atoms with Gasteiger partial charge in [-0.15, -0.1) is 0 Å². The topological polar surface area (TPSA) is 38.7 Å². The Hall–Kier alpha value is -0.120.